The predicted octanol–water partition coefficient (Wildman–Crippen LogP) is 2.14. The van der Waals surface area contributed by atoms with E-state index in [1.54, 1.807) is 0 Å². The Labute approximate surface area is 83.3 Å². The fraction of sp³-hybridized carbons (Fsp3) is 1.00. The first-order valence-corrected chi connectivity index (χ1v) is 5.60. The van der Waals surface area contributed by atoms with Gasteiger partial charge >= 0.3 is 0 Å². The Kier molecular flexibility index (Phi) is 8.46. The summed E-state index contributed by atoms with van der Waals surface area (Å²) in [6.45, 7) is 8.57. The van der Waals surface area contributed by atoms with Crippen molar-refractivity contribution in [2.45, 2.75) is 52.5 Å². The summed E-state index contributed by atoms with van der Waals surface area (Å²) in [5.41, 5.74) is 5.49. The molecule has 2 nitrogen and oxygen atoms in total. The normalized spacial score (nSPS) is 13.6. The molecule has 2 heteroatoms. The molecular weight excluding hydrogens is 160 g/mol. The van der Waals surface area contributed by atoms with Crippen molar-refractivity contribution in [2.75, 3.05) is 13.1 Å². The molecule has 0 aromatic carbocycles. The largest absolute Gasteiger partial charge is 0.329 e. The van der Waals surface area contributed by atoms with Crippen LogP contribution in [0.15, 0.2) is 0 Å². The molecule has 3 N–H and O–H groups in total. The van der Waals surface area contributed by atoms with Crippen LogP contribution in [-0.4, -0.2) is 19.1 Å². The maximum absolute atomic E-state index is 5.49. The molecule has 0 saturated heterocycles. The molecule has 1 unspecified atom stereocenters. The van der Waals surface area contributed by atoms with Crippen molar-refractivity contribution in [2.24, 2.45) is 11.7 Å². The average molecular weight is 186 g/mol. The van der Waals surface area contributed by atoms with Gasteiger partial charge in [0.15, 0.2) is 0 Å². The lowest BCUT2D eigenvalue weighted by atomic mass is 10.1. The van der Waals surface area contributed by atoms with Gasteiger partial charge in [0, 0.05) is 12.6 Å². The zero-order valence-electron chi connectivity index (χ0n) is 9.47. The molecule has 0 aromatic rings. The van der Waals surface area contributed by atoms with E-state index in [0.29, 0.717) is 6.04 Å². The third kappa shape index (κ3) is 9.84. The molecule has 0 radical (unpaired) electrons. The summed E-state index contributed by atoms with van der Waals surface area (Å²) < 4.78 is 0. The van der Waals surface area contributed by atoms with Crippen molar-refractivity contribution in [1.82, 2.24) is 5.32 Å². The van der Waals surface area contributed by atoms with Crippen LogP contribution in [0.4, 0.5) is 0 Å². The second-order valence-corrected chi connectivity index (χ2v) is 4.33. The minimum absolute atomic E-state index is 0.477. The van der Waals surface area contributed by atoms with Gasteiger partial charge in [0.05, 0.1) is 0 Å². The van der Waals surface area contributed by atoms with Crippen molar-refractivity contribution in [3.05, 3.63) is 0 Å². The Hall–Kier alpha value is -0.0800. The van der Waals surface area contributed by atoms with Gasteiger partial charge < -0.3 is 11.1 Å². The summed E-state index contributed by atoms with van der Waals surface area (Å²) in [6, 6.07) is 0.477. The average Bonchev–Trinajstić information content (AvgIpc) is 2.10. The van der Waals surface area contributed by atoms with Crippen LogP contribution in [0.1, 0.15) is 46.5 Å². The van der Waals surface area contributed by atoms with E-state index in [0.717, 1.165) is 19.0 Å². The lowest BCUT2D eigenvalue weighted by Gasteiger charge is -2.10. The van der Waals surface area contributed by atoms with Gasteiger partial charge in [0.2, 0.25) is 0 Å². The molecule has 0 spiro atoms. The van der Waals surface area contributed by atoms with Crippen molar-refractivity contribution in [3.8, 4) is 0 Å². The number of rotatable bonds is 8. The van der Waals surface area contributed by atoms with Crippen LogP contribution in [0.2, 0.25) is 0 Å². The Bertz CT molecular complexity index is 102. The van der Waals surface area contributed by atoms with Gasteiger partial charge in [-0.15, -0.1) is 0 Å². The summed E-state index contributed by atoms with van der Waals surface area (Å²) in [4.78, 5) is 0. The first-order chi connectivity index (χ1) is 6.16. The Morgan fingerprint density at radius 3 is 2.31 bits per heavy atom. The SMILES string of the molecule is CC(C)CCCCCNC(C)CN. The number of nitrogens with one attached hydrogen (secondary N) is 1. The van der Waals surface area contributed by atoms with Crippen molar-refractivity contribution in [1.29, 1.82) is 0 Å². The van der Waals surface area contributed by atoms with Crippen LogP contribution in [0.25, 0.3) is 0 Å². The van der Waals surface area contributed by atoms with Gasteiger partial charge in [-0.3, -0.25) is 0 Å². The van der Waals surface area contributed by atoms with Gasteiger partial charge in [-0.1, -0.05) is 33.1 Å². The number of unbranched alkanes of at least 4 members (excludes halogenated alkanes) is 2. The Morgan fingerprint density at radius 2 is 1.77 bits per heavy atom. The van der Waals surface area contributed by atoms with Gasteiger partial charge in [-0.05, 0) is 25.8 Å². The summed E-state index contributed by atoms with van der Waals surface area (Å²) in [6.07, 6.45) is 5.38. The summed E-state index contributed by atoms with van der Waals surface area (Å²) in [5.74, 6) is 0.857. The fourth-order valence-corrected chi connectivity index (χ4v) is 1.29. The van der Waals surface area contributed by atoms with Crippen LogP contribution in [-0.2, 0) is 0 Å². The molecule has 1 atom stereocenters. The first kappa shape index (κ1) is 12.9. The van der Waals surface area contributed by atoms with E-state index in [1.807, 2.05) is 0 Å². The minimum atomic E-state index is 0.477. The lowest BCUT2D eigenvalue weighted by molar-refractivity contribution is 0.494. The summed E-state index contributed by atoms with van der Waals surface area (Å²) in [5, 5.41) is 3.40. The van der Waals surface area contributed by atoms with E-state index in [9.17, 15) is 0 Å². The summed E-state index contributed by atoms with van der Waals surface area (Å²) >= 11 is 0. The molecule has 13 heavy (non-hydrogen) atoms. The fourth-order valence-electron chi connectivity index (χ4n) is 1.29. The van der Waals surface area contributed by atoms with Crippen molar-refractivity contribution in [3.63, 3.8) is 0 Å². The van der Waals surface area contributed by atoms with Crippen LogP contribution in [0, 0.1) is 5.92 Å². The first-order valence-electron chi connectivity index (χ1n) is 5.60. The van der Waals surface area contributed by atoms with Gasteiger partial charge in [-0.2, -0.15) is 0 Å². The van der Waals surface area contributed by atoms with Crippen molar-refractivity contribution < 1.29 is 0 Å². The Balaban J connectivity index is 2.99. The van der Waals surface area contributed by atoms with E-state index >= 15 is 0 Å². The summed E-state index contributed by atoms with van der Waals surface area (Å²) in [7, 11) is 0. The molecule has 0 aliphatic heterocycles. The molecule has 0 fully saturated rings. The van der Waals surface area contributed by atoms with Gasteiger partial charge in [-0.25, -0.2) is 0 Å². The molecule has 0 bridgehead atoms. The van der Waals surface area contributed by atoms with Gasteiger partial charge in [0.1, 0.15) is 0 Å². The second-order valence-electron chi connectivity index (χ2n) is 4.33. The topological polar surface area (TPSA) is 38.0 Å². The standard InChI is InChI=1S/C11H26N2/c1-10(2)7-5-4-6-8-13-11(3)9-12/h10-11,13H,4-9,12H2,1-3H3. The van der Waals surface area contributed by atoms with E-state index in [4.69, 9.17) is 5.73 Å². The number of nitrogens with two attached hydrogens (primary N) is 1. The van der Waals surface area contributed by atoms with Crippen LogP contribution < -0.4 is 11.1 Å². The van der Waals surface area contributed by atoms with E-state index in [-0.39, 0.29) is 0 Å². The maximum atomic E-state index is 5.49. The predicted molar refractivity (Wildman–Crippen MR) is 59.8 cm³/mol. The quantitative estimate of drug-likeness (QED) is 0.570. The van der Waals surface area contributed by atoms with Crippen LogP contribution >= 0.6 is 0 Å². The molecule has 0 aliphatic carbocycles. The van der Waals surface area contributed by atoms with E-state index in [2.05, 4.69) is 26.1 Å². The maximum Gasteiger partial charge on any atom is 0.0161 e. The third-order valence-corrected chi connectivity index (χ3v) is 2.30. The zero-order valence-corrected chi connectivity index (χ0v) is 9.47. The molecule has 0 saturated carbocycles. The molecule has 0 heterocycles. The molecule has 0 aliphatic rings. The van der Waals surface area contributed by atoms with E-state index < -0.39 is 0 Å². The highest BCUT2D eigenvalue weighted by Gasteiger charge is 1.97. The highest BCUT2D eigenvalue weighted by molar-refractivity contribution is 4.60. The Morgan fingerprint density at radius 1 is 1.08 bits per heavy atom. The monoisotopic (exact) mass is 186 g/mol. The number of hydrogen-bond donors (Lipinski definition) is 2. The zero-order chi connectivity index (χ0) is 10.1. The highest BCUT2D eigenvalue weighted by Crippen LogP contribution is 2.07. The van der Waals surface area contributed by atoms with Crippen LogP contribution in [0.5, 0.6) is 0 Å². The molecule has 0 aromatic heterocycles. The minimum Gasteiger partial charge on any atom is -0.329 e. The van der Waals surface area contributed by atoms with Crippen molar-refractivity contribution >= 4 is 0 Å². The van der Waals surface area contributed by atoms with E-state index in [1.165, 1.54) is 25.7 Å². The lowest BCUT2D eigenvalue weighted by Crippen LogP contribution is -2.33. The number of hydrogen-bond acceptors (Lipinski definition) is 2. The highest BCUT2D eigenvalue weighted by atomic mass is 14.9. The molecular formula is C11H26N2. The van der Waals surface area contributed by atoms with Crippen LogP contribution in [0.3, 0.4) is 0 Å². The van der Waals surface area contributed by atoms with Gasteiger partial charge in [0.25, 0.3) is 0 Å². The third-order valence-electron chi connectivity index (χ3n) is 2.30. The molecule has 0 rings (SSSR count). The molecule has 0 amide bonds. The second kappa shape index (κ2) is 8.52. The molecule has 80 valence electrons. The smallest absolute Gasteiger partial charge is 0.0161 e.